The van der Waals surface area contributed by atoms with Crippen LogP contribution in [0.5, 0.6) is 0 Å². The number of anilines is 1. The second-order valence-corrected chi connectivity index (χ2v) is 7.68. The summed E-state index contributed by atoms with van der Waals surface area (Å²) in [6, 6.07) is 16.4. The van der Waals surface area contributed by atoms with Gasteiger partial charge in [0.2, 0.25) is 11.8 Å². The van der Waals surface area contributed by atoms with Gasteiger partial charge in [0.25, 0.3) is 5.22 Å². The summed E-state index contributed by atoms with van der Waals surface area (Å²) in [5.74, 6) is 0.618. The molecular weight excluding hydrogens is 391 g/mol. The summed E-state index contributed by atoms with van der Waals surface area (Å²) in [5, 5.41) is 8.49. The van der Waals surface area contributed by atoms with Crippen molar-refractivity contribution in [1.29, 1.82) is 0 Å². The third kappa shape index (κ3) is 5.14. The average molecular weight is 412 g/mol. The molecular formula is C21H21FN4O2S. The van der Waals surface area contributed by atoms with Crippen LogP contribution in [0.4, 0.5) is 10.1 Å². The minimum atomic E-state index is -0.243. The second-order valence-electron chi connectivity index (χ2n) is 6.76. The van der Waals surface area contributed by atoms with Crippen molar-refractivity contribution in [3.8, 4) is 0 Å². The van der Waals surface area contributed by atoms with Gasteiger partial charge in [-0.1, -0.05) is 42.1 Å². The van der Waals surface area contributed by atoms with Gasteiger partial charge in [0.05, 0.1) is 12.2 Å². The zero-order chi connectivity index (χ0) is 20.1. The number of halogens is 1. The molecule has 0 spiro atoms. The van der Waals surface area contributed by atoms with E-state index >= 15 is 0 Å². The molecule has 150 valence electrons. The van der Waals surface area contributed by atoms with Crippen LogP contribution in [0, 0.1) is 5.82 Å². The molecule has 8 heteroatoms. The van der Waals surface area contributed by atoms with Crippen molar-refractivity contribution in [3.05, 3.63) is 71.9 Å². The summed E-state index contributed by atoms with van der Waals surface area (Å²) < 4.78 is 18.7. The van der Waals surface area contributed by atoms with Crippen LogP contribution in [0.2, 0.25) is 0 Å². The fourth-order valence-corrected chi connectivity index (χ4v) is 3.90. The average Bonchev–Trinajstić information content (AvgIpc) is 3.21. The van der Waals surface area contributed by atoms with Gasteiger partial charge in [-0.05, 0) is 29.8 Å². The summed E-state index contributed by atoms with van der Waals surface area (Å²) >= 11 is 1.27. The number of carbonyl (C=O) groups is 1. The van der Waals surface area contributed by atoms with Crippen molar-refractivity contribution in [2.45, 2.75) is 11.6 Å². The highest BCUT2D eigenvalue weighted by Gasteiger charge is 2.22. The van der Waals surface area contributed by atoms with Gasteiger partial charge >= 0.3 is 0 Å². The number of hydrogen-bond acceptors (Lipinski definition) is 6. The van der Waals surface area contributed by atoms with Gasteiger partial charge in [-0.15, -0.1) is 10.2 Å². The van der Waals surface area contributed by atoms with E-state index in [2.05, 4.69) is 15.1 Å². The SMILES string of the molecule is O=C(CSc1nnc(Cc2ccccc2)o1)N1CCN(c2ccc(F)cc2)CC1. The second kappa shape index (κ2) is 9.09. The van der Waals surface area contributed by atoms with E-state index in [1.807, 2.05) is 35.2 Å². The number of rotatable bonds is 6. The van der Waals surface area contributed by atoms with Gasteiger partial charge in [0, 0.05) is 31.9 Å². The minimum absolute atomic E-state index is 0.0524. The number of piperazine rings is 1. The van der Waals surface area contributed by atoms with E-state index in [4.69, 9.17) is 4.42 Å². The Labute approximate surface area is 172 Å². The Morgan fingerprint density at radius 1 is 1.00 bits per heavy atom. The lowest BCUT2D eigenvalue weighted by molar-refractivity contribution is -0.128. The molecule has 4 rings (SSSR count). The quantitative estimate of drug-likeness (QED) is 0.579. The highest BCUT2D eigenvalue weighted by Crippen LogP contribution is 2.20. The summed E-state index contributed by atoms with van der Waals surface area (Å²) in [5.41, 5.74) is 2.08. The molecule has 0 N–H and O–H groups in total. The summed E-state index contributed by atoms with van der Waals surface area (Å²) in [7, 11) is 0. The number of thioether (sulfide) groups is 1. The number of benzene rings is 2. The monoisotopic (exact) mass is 412 g/mol. The Morgan fingerprint density at radius 2 is 1.72 bits per heavy atom. The van der Waals surface area contributed by atoms with Gasteiger partial charge < -0.3 is 14.2 Å². The first kappa shape index (κ1) is 19.4. The zero-order valence-corrected chi connectivity index (χ0v) is 16.6. The maximum absolute atomic E-state index is 13.1. The van der Waals surface area contributed by atoms with Crippen LogP contribution in [-0.2, 0) is 11.2 Å². The minimum Gasteiger partial charge on any atom is -0.416 e. The molecule has 1 saturated heterocycles. The zero-order valence-electron chi connectivity index (χ0n) is 15.8. The molecule has 1 aromatic heterocycles. The van der Waals surface area contributed by atoms with Crippen LogP contribution >= 0.6 is 11.8 Å². The van der Waals surface area contributed by atoms with Crippen molar-refractivity contribution >= 4 is 23.4 Å². The molecule has 1 fully saturated rings. The molecule has 3 aromatic rings. The van der Waals surface area contributed by atoms with Crippen molar-refractivity contribution in [2.24, 2.45) is 0 Å². The lowest BCUT2D eigenvalue weighted by atomic mass is 10.2. The first-order chi connectivity index (χ1) is 14.2. The molecule has 0 radical (unpaired) electrons. The van der Waals surface area contributed by atoms with Gasteiger partial charge in [0.1, 0.15) is 5.82 Å². The fraction of sp³-hybridized carbons (Fsp3) is 0.286. The van der Waals surface area contributed by atoms with E-state index in [0.29, 0.717) is 30.6 Å². The summed E-state index contributed by atoms with van der Waals surface area (Å²) in [4.78, 5) is 16.5. The predicted octanol–water partition coefficient (Wildman–Crippen LogP) is 3.24. The maximum atomic E-state index is 13.1. The van der Waals surface area contributed by atoms with E-state index in [-0.39, 0.29) is 17.5 Å². The normalized spacial score (nSPS) is 14.2. The molecule has 2 aromatic carbocycles. The largest absolute Gasteiger partial charge is 0.416 e. The predicted molar refractivity (Wildman–Crippen MR) is 109 cm³/mol. The third-order valence-electron chi connectivity index (χ3n) is 4.79. The number of hydrogen-bond donors (Lipinski definition) is 0. The van der Waals surface area contributed by atoms with Crippen LogP contribution in [0.15, 0.2) is 64.2 Å². The first-order valence-corrected chi connectivity index (χ1v) is 10.4. The standard InChI is InChI=1S/C21H21FN4O2S/c22-17-6-8-18(9-7-17)25-10-12-26(13-11-25)20(27)15-29-21-24-23-19(28-21)14-16-4-2-1-3-5-16/h1-9H,10-15H2. The molecule has 1 aliphatic heterocycles. The Hall–Kier alpha value is -2.87. The topological polar surface area (TPSA) is 62.5 Å². The molecule has 6 nitrogen and oxygen atoms in total. The molecule has 0 aliphatic carbocycles. The van der Waals surface area contributed by atoms with E-state index < -0.39 is 0 Å². The number of nitrogens with zero attached hydrogens (tertiary/aromatic N) is 4. The first-order valence-electron chi connectivity index (χ1n) is 9.45. The van der Waals surface area contributed by atoms with Gasteiger partial charge in [-0.3, -0.25) is 4.79 Å². The Morgan fingerprint density at radius 3 is 2.45 bits per heavy atom. The number of amides is 1. The van der Waals surface area contributed by atoms with Crippen LogP contribution in [0.1, 0.15) is 11.5 Å². The van der Waals surface area contributed by atoms with Crippen LogP contribution in [-0.4, -0.2) is 52.9 Å². The van der Waals surface area contributed by atoms with Gasteiger partial charge in [0.15, 0.2) is 0 Å². The van der Waals surface area contributed by atoms with Gasteiger partial charge in [-0.2, -0.15) is 0 Å². The van der Waals surface area contributed by atoms with E-state index in [0.717, 1.165) is 24.3 Å². The van der Waals surface area contributed by atoms with E-state index in [1.165, 1.54) is 23.9 Å². The van der Waals surface area contributed by atoms with E-state index in [9.17, 15) is 9.18 Å². The van der Waals surface area contributed by atoms with Crippen molar-refractivity contribution in [3.63, 3.8) is 0 Å². The van der Waals surface area contributed by atoms with Gasteiger partial charge in [-0.25, -0.2) is 4.39 Å². The molecule has 0 saturated carbocycles. The fourth-order valence-electron chi connectivity index (χ4n) is 3.22. The molecule has 1 amide bonds. The lowest BCUT2D eigenvalue weighted by Gasteiger charge is -2.36. The third-order valence-corrected chi connectivity index (χ3v) is 5.59. The van der Waals surface area contributed by atoms with Crippen LogP contribution < -0.4 is 4.90 Å². The molecule has 0 bridgehead atoms. The van der Waals surface area contributed by atoms with Crippen molar-refractivity contribution in [2.75, 3.05) is 36.8 Å². The summed E-state index contributed by atoms with van der Waals surface area (Å²) in [6.45, 7) is 2.73. The van der Waals surface area contributed by atoms with Crippen molar-refractivity contribution < 1.29 is 13.6 Å². The highest BCUT2D eigenvalue weighted by molar-refractivity contribution is 7.99. The smallest absolute Gasteiger partial charge is 0.277 e. The maximum Gasteiger partial charge on any atom is 0.277 e. The van der Waals surface area contributed by atoms with Crippen LogP contribution in [0.25, 0.3) is 0 Å². The van der Waals surface area contributed by atoms with Crippen LogP contribution in [0.3, 0.4) is 0 Å². The molecule has 0 atom stereocenters. The number of carbonyl (C=O) groups excluding carboxylic acids is 1. The molecule has 29 heavy (non-hydrogen) atoms. The molecule has 2 heterocycles. The Kier molecular flexibility index (Phi) is 6.09. The molecule has 0 unspecified atom stereocenters. The molecule has 1 aliphatic rings. The van der Waals surface area contributed by atoms with E-state index in [1.54, 1.807) is 12.1 Å². The summed E-state index contributed by atoms with van der Waals surface area (Å²) in [6.07, 6.45) is 0.577. The Bertz CT molecular complexity index is 941. The number of aromatic nitrogens is 2. The Balaban J connectivity index is 1.24. The lowest BCUT2D eigenvalue weighted by Crippen LogP contribution is -2.49. The van der Waals surface area contributed by atoms with Crippen molar-refractivity contribution in [1.82, 2.24) is 15.1 Å². The highest BCUT2D eigenvalue weighted by atomic mass is 32.2.